The van der Waals surface area contributed by atoms with Crippen LogP contribution in [0.5, 0.6) is 0 Å². The van der Waals surface area contributed by atoms with Gasteiger partial charge in [0.05, 0.1) is 50.1 Å². The fourth-order valence-electron chi connectivity index (χ4n) is 5.95. The molecule has 2 aromatic carbocycles. The number of hydrogen-bond acceptors (Lipinski definition) is 9. The van der Waals surface area contributed by atoms with Crippen molar-refractivity contribution in [1.29, 1.82) is 0 Å². The molecule has 0 aliphatic carbocycles. The molecule has 2 heterocycles. The Bertz CT molecular complexity index is 1850. The largest absolute Gasteiger partial charge is 0.453 e. The summed E-state index contributed by atoms with van der Waals surface area (Å²) in [5.41, 5.74) is 5.65. The maximum absolute atomic E-state index is 13.2. The molecule has 0 saturated heterocycles. The van der Waals surface area contributed by atoms with Gasteiger partial charge in [-0.15, -0.1) is 0 Å². The molecule has 0 bridgehead atoms. The van der Waals surface area contributed by atoms with E-state index in [2.05, 4.69) is 70.0 Å². The predicted molar refractivity (Wildman–Crippen MR) is 208 cm³/mol. The van der Waals surface area contributed by atoms with E-state index in [-0.39, 0.29) is 41.5 Å². The predicted octanol–water partition coefficient (Wildman–Crippen LogP) is 6.77. The van der Waals surface area contributed by atoms with Crippen molar-refractivity contribution in [3.63, 3.8) is 0 Å². The van der Waals surface area contributed by atoms with Crippen molar-refractivity contribution in [2.45, 2.75) is 79.6 Å². The normalized spacial score (nSPS) is 14.0. The van der Waals surface area contributed by atoms with Crippen LogP contribution in [0.4, 0.5) is 4.79 Å². The van der Waals surface area contributed by atoms with Gasteiger partial charge in [0, 0.05) is 0 Å². The van der Waals surface area contributed by atoms with Crippen LogP contribution in [-0.2, 0) is 24.1 Å². The molecule has 0 fully saturated rings. The molecule has 0 aliphatic rings. The molecule has 14 heteroatoms. The Kier molecular flexibility index (Phi) is 14.5. The molecule has 0 aliphatic heterocycles. The fourth-order valence-corrected chi connectivity index (χ4v) is 5.95. The van der Waals surface area contributed by atoms with Crippen LogP contribution in [0.2, 0.25) is 0 Å². The van der Waals surface area contributed by atoms with Crippen molar-refractivity contribution >= 4 is 24.3 Å². The lowest BCUT2D eigenvalue weighted by Crippen LogP contribution is -2.51. The minimum absolute atomic E-state index is 0.0278. The van der Waals surface area contributed by atoms with Crippen LogP contribution in [0.1, 0.15) is 79.1 Å². The third kappa shape index (κ3) is 10.6. The van der Waals surface area contributed by atoms with Crippen molar-refractivity contribution in [1.82, 2.24) is 35.9 Å². The van der Waals surface area contributed by atoms with Gasteiger partial charge >= 0.3 is 6.09 Å². The standard InChI is InChI=1S/C40H54N8O6/c1-22(2)32(46-38(49)34(24(5)6)43-21-54-53-10)36-41-19-30(44-36)28-15-11-26(12-16-28)27-13-17-29(18-14-27)31-20-42-37(45-31)33(23(3)4)47-39(50)35(25(7)8)48-40(51)52-9/h11-25,32-35H,1-10H3,(H,41,44)(H,42,45)(H,46,49)(H,47,50)(H,48,51)/t32-,33-,34-,35-/m1/s1. The van der Waals surface area contributed by atoms with Crippen molar-refractivity contribution in [2.75, 3.05) is 14.2 Å². The molecule has 2 aromatic heterocycles. The van der Waals surface area contributed by atoms with Crippen LogP contribution in [0.3, 0.4) is 0 Å². The highest BCUT2D eigenvalue weighted by Crippen LogP contribution is 2.29. The number of methoxy groups -OCH3 is 1. The van der Waals surface area contributed by atoms with Crippen molar-refractivity contribution in [3.8, 4) is 33.6 Å². The second kappa shape index (κ2) is 19.0. The van der Waals surface area contributed by atoms with E-state index in [4.69, 9.17) is 9.62 Å². The summed E-state index contributed by atoms with van der Waals surface area (Å²) in [7, 11) is 2.64. The first-order chi connectivity index (χ1) is 25.7. The molecule has 14 nitrogen and oxygen atoms in total. The number of hydrogen-bond donors (Lipinski definition) is 5. The quantitative estimate of drug-likeness (QED) is 0.0340. The van der Waals surface area contributed by atoms with Crippen LogP contribution in [0.25, 0.3) is 33.6 Å². The summed E-state index contributed by atoms with van der Waals surface area (Å²) in [4.78, 5) is 67.8. The van der Waals surface area contributed by atoms with Gasteiger partial charge in [-0.1, -0.05) is 104 Å². The van der Waals surface area contributed by atoms with Crippen LogP contribution in [0, 0.1) is 23.7 Å². The van der Waals surface area contributed by atoms with E-state index >= 15 is 0 Å². The van der Waals surface area contributed by atoms with E-state index in [9.17, 15) is 14.4 Å². The van der Waals surface area contributed by atoms with E-state index in [0.717, 1.165) is 40.0 Å². The van der Waals surface area contributed by atoms with E-state index in [0.29, 0.717) is 11.6 Å². The highest BCUT2D eigenvalue weighted by atomic mass is 17.2. The topological polar surface area (TPSA) is 185 Å². The number of amides is 3. The first-order valence-corrected chi connectivity index (χ1v) is 18.2. The van der Waals surface area contributed by atoms with Crippen molar-refractivity contribution < 1.29 is 28.9 Å². The van der Waals surface area contributed by atoms with Crippen LogP contribution < -0.4 is 16.0 Å². The number of carbonyl (C=O) groups excluding carboxylic acids is 3. The van der Waals surface area contributed by atoms with Gasteiger partial charge in [0.25, 0.3) is 0 Å². The summed E-state index contributed by atoms with van der Waals surface area (Å²) < 4.78 is 4.70. The second-order valence-corrected chi connectivity index (χ2v) is 14.5. The highest BCUT2D eigenvalue weighted by Gasteiger charge is 2.30. The smallest absolute Gasteiger partial charge is 0.407 e. The zero-order valence-corrected chi connectivity index (χ0v) is 32.8. The van der Waals surface area contributed by atoms with Gasteiger partial charge in [0.2, 0.25) is 18.2 Å². The molecular formula is C40H54N8O6. The number of aromatic nitrogens is 4. The van der Waals surface area contributed by atoms with E-state index in [1.54, 1.807) is 12.4 Å². The van der Waals surface area contributed by atoms with Crippen molar-refractivity contribution in [2.24, 2.45) is 28.7 Å². The zero-order chi connectivity index (χ0) is 39.5. The minimum atomic E-state index is -0.755. The zero-order valence-electron chi connectivity index (χ0n) is 32.8. The van der Waals surface area contributed by atoms with Gasteiger partial charge in [-0.3, -0.25) is 9.59 Å². The van der Waals surface area contributed by atoms with Gasteiger partial charge in [0.1, 0.15) is 23.7 Å². The molecule has 3 amide bonds. The number of aromatic amines is 2. The Morgan fingerprint density at radius 1 is 0.630 bits per heavy atom. The Balaban J connectivity index is 1.44. The number of rotatable bonds is 17. The molecule has 0 saturated carbocycles. The lowest BCUT2D eigenvalue weighted by atomic mass is 10.00. The maximum atomic E-state index is 13.2. The second-order valence-electron chi connectivity index (χ2n) is 14.5. The number of ether oxygens (including phenoxy) is 1. The molecule has 4 rings (SSSR count). The number of benzene rings is 2. The summed E-state index contributed by atoms with van der Waals surface area (Å²) >= 11 is 0. The average molecular weight is 743 g/mol. The molecular weight excluding hydrogens is 688 g/mol. The molecule has 0 unspecified atom stereocenters. The molecule has 4 atom stereocenters. The molecule has 290 valence electrons. The Morgan fingerprint density at radius 3 is 1.46 bits per heavy atom. The van der Waals surface area contributed by atoms with Crippen LogP contribution in [0.15, 0.2) is 65.9 Å². The molecule has 0 spiro atoms. The number of nitrogens with zero attached hydrogens (tertiary/aromatic N) is 3. The van der Waals surface area contributed by atoms with Crippen LogP contribution >= 0.6 is 0 Å². The number of aliphatic imine (C=N–C) groups is 1. The molecule has 5 N–H and O–H groups in total. The number of alkyl carbamates (subject to hydrolysis) is 1. The maximum Gasteiger partial charge on any atom is 0.407 e. The van der Waals surface area contributed by atoms with Crippen molar-refractivity contribution in [3.05, 3.63) is 72.6 Å². The van der Waals surface area contributed by atoms with Gasteiger partial charge in [-0.2, -0.15) is 4.89 Å². The lowest BCUT2D eigenvalue weighted by Gasteiger charge is -2.26. The number of H-pyrrole nitrogens is 2. The van der Waals surface area contributed by atoms with Crippen LogP contribution in [-0.4, -0.2) is 70.5 Å². The number of nitrogens with one attached hydrogen (secondary N) is 5. The van der Waals surface area contributed by atoms with Gasteiger partial charge in [0.15, 0.2) is 0 Å². The third-order valence-corrected chi connectivity index (χ3v) is 9.10. The molecule has 54 heavy (non-hydrogen) atoms. The Hall–Kier alpha value is -5.50. The average Bonchev–Trinajstić information content (AvgIpc) is 3.84. The Morgan fingerprint density at radius 2 is 1.07 bits per heavy atom. The number of imidazole rings is 2. The first-order valence-electron chi connectivity index (χ1n) is 18.2. The minimum Gasteiger partial charge on any atom is -0.453 e. The van der Waals surface area contributed by atoms with Gasteiger partial charge in [-0.05, 0) is 45.9 Å². The Labute approximate surface area is 317 Å². The lowest BCUT2D eigenvalue weighted by molar-refractivity contribution is -0.188. The summed E-state index contributed by atoms with van der Waals surface area (Å²) in [5, 5.41) is 8.78. The number of carbonyl (C=O) groups is 3. The SMILES string of the molecule is COOC=N[C@@H](C(=O)N[C@@H](c1ncc(-c2ccc(-c3ccc(-c4cnc([C@H](NC(=O)[C@H](NC(=O)OC)C(C)C)C(C)C)[nH]4)cc3)cc2)[nH]1)C(C)C)C(C)C. The van der Waals surface area contributed by atoms with Gasteiger partial charge < -0.3 is 35.5 Å². The summed E-state index contributed by atoms with van der Waals surface area (Å²) in [6, 6.07) is 14.2. The molecule has 0 radical (unpaired) electrons. The summed E-state index contributed by atoms with van der Waals surface area (Å²) in [6.07, 6.45) is 4.02. The van der Waals surface area contributed by atoms with E-state index in [1.165, 1.54) is 14.2 Å². The first kappa shape index (κ1) is 41.3. The fraction of sp³-hybridized carbons (Fsp3) is 0.450. The summed E-state index contributed by atoms with van der Waals surface area (Å²) in [6.45, 7) is 15.6. The molecule has 4 aromatic rings. The van der Waals surface area contributed by atoms with Gasteiger partial charge in [-0.25, -0.2) is 19.8 Å². The highest BCUT2D eigenvalue weighted by molar-refractivity contribution is 5.86. The monoisotopic (exact) mass is 742 g/mol. The summed E-state index contributed by atoms with van der Waals surface area (Å²) in [5.74, 6) is 0.641. The third-order valence-electron chi connectivity index (χ3n) is 9.10. The van der Waals surface area contributed by atoms with E-state index in [1.807, 2.05) is 79.7 Å². The van der Waals surface area contributed by atoms with E-state index < -0.39 is 24.2 Å².